The van der Waals surface area contributed by atoms with Crippen molar-refractivity contribution in [3.8, 4) is 0 Å². The van der Waals surface area contributed by atoms with Crippen LogP contribution in [-0.4, -0.2) is 33.9 Å². The normalized spacial score (nSPS) is 16.8. The third kappa shape index (κ3) is 4.49. The van der Waals surface area contributed by atoms with Crippen molar-refractivity contribution in [2.75, 3.05) is 11.9 Å². The van der Waals surface area contributed by atoms with E-state index >= 15 is 0 Å². The Morgan fingerprint density at radius 1 is 1.13 bits per heavy atom. The first kappa shape index (κ1) is 21.1. The van der Waals surface area contributed by atoms with Crippen LogP contribution < -0.4 is 11.1 Å². The summed E-state index contributed by atoms with van der Waals surface area (Å²) in [6.07, 6.45) is 3.70. The Hall–Kier alpha value is -3.12. The maximum Gasteiger partial charge on any atom is 0.257 e. The van der Waals surface area contributed by atoms with E-state index in [-0.39, 0.29) is 17.9 Å². The average molecular weight is 419 g/mol. The van der Waals surface area contributed by atoms with Crippen molar-refractivity contribution in [2.45, 2.75) is 45.8 Å². The summed E-state index contributed by atoms with van der Waals surface area (Å²) in [5.74, 6) is 0.0714. The Kier molecular flexibility index (Phi) is 6.09. The summed E-state index contributed by atoms with van der Waals surface area (Å²) < 4.78 is 2.16. The fourth-order valence-corrected chi connectivity index (χ4v) is 4.50. The van der Waals surface area contributed by atoms with Crippen LogP contribution in [0.2, 0.25) is 0 Å². The van der Waals surface area contributed by atoms with Gasteiger partial charge in [0, 0.05) is 35.9 Å². The Balaban J connectivity index is 1.59. The molecule has 31 heavy (non-hydrogen) atoms. The first-order valence-electron chi connectivity index (χ1n) is 10.9. The van der Waals surface area contributed by atoms with Gasteiger partial charge in [-0.2, -0.15) is 0 Å². The lowest BCUT2D eigenvalue weighted by atomic mass is 10.1. The maximum absolute atomic E-state index is 13.3. The second-order valence-corrected chi connectivity index (χ2v) is 8.75. The lowest BCUT2D eigenvalue weighted by molar-refractivity contribution is -0.122. The topological polar surface area (TPSA) is 80.4 Å². The number of rotatable bonds is 7. The number of amides is 2. The quantitative estimate of drug-likeness (QED) is 0.609. The second-order valence-electron chi connectivity index (χ2n) is 8.75. The number of nitrogens with zero attached hydrogens (tertiary/aromatic N) is 2. The first-order chi connectivity index (χ1) is 14.9. The standard InChI is InChI=1S/C25H30N4O2/c1-17(2)14-29-16-20(19-9-4-6-11-22(19)29)25(31)27-21-10-5-3-8-18(21)15-28-13-7-12-23(28)24(26)30/h3-6,8-11,16-17,23H,7,12-15H2,1-2H3,(H2,26,30)(H,27,31). The molecule has 0 radical (unpaired) electrons. The van der Waals surface area contributed by atoms with Gasteiger partial charge in [-0.1, -0.05) is 50.2 Å². The Morgan fingerprint density at radius 3 is 2.65 bits per heavy atom. The lowest BCUT2D eigenvalue weighted by Crippen LogP contribution is -2.39. The number of carbonyl (C=O) groups excluding carboxylic acids is 2. The number of fused-ring (bicyclic) bond motifs is 1. The van der Waals surface area contributed by atoms with E-state index in [1.807, 2.05) is 48.7 Å². The zero-order valence-electron chi connectivity index (χ0n) is 18.2. The molecular weight excluding hydrogens is 388 g/mol. The number of anilines is 1. The predicted molar refractivity (Wildman–Crippen MR) is 124 cm³/mol. The molecule has 1 aliphatic heterocycles. The van der Waals surface area contributed by atoms with Crippen LogP contribution in [-0.2, 0) is 17.9 Å². The summed E-state index contributed by atoms with van der Waals surface area (Å²) in [6, 6.07) is 15.5. The van der Waals surface area contributed by atoms with Crippen LogP contribution in [0.5, 0.6) is 0 Å². The smallest absolute Gasteiger partial charge is 0.257 e. The number of primary amides is 1. The molecule has 0 spiro atoms. The van der Waals surface area contributed by atoms with Gasteiger partial charge < -0.3 is 15.6 Å². The summed E-state index contributed by atoms with van der Waals surface area (Å²) in [6.45, 7) is 6.61. The van der Waals surface area contributed by atoms with Gasteiger partial charge in [0.1, 0.15) is 0 Å². The molecule has 1 aromatic heterocycles. The minimum Gasteiger partial charge on any atom is -0.368 e. The van der Waals surface area contributed by atoms with Crippen LogP contribution in [0, 0.1) is 5.92 Å². The largest absolute Gasteiger partial charge is 0.368 e. The number of carbonyl (C=O) groups is 2. The van der Waals surface area contributed by atoms with Gasteiger partial charge in [0.25, 0.3) is 5.91 Å². The van der Waals surface area contributed by atoms with E-state index in [1.165, 1.54) is 0 Å². The van der Waals surface area contributed by atoms with Gasteiger partial charge in [0.2, 0.25) is 5.91 Å². The molecule has 0 bridgehead atoms. The van der Waals surface area contributed by atoms with E-state index in [0.29, 0.717) is 18.0 Å². The fraction of sp³-hybridized carbons (Fsp3) is 0.360. The summed E-state index contributed by atoms with van der Waals surface area (Å²) >= 11 is 0. The van der Waals surface area contributed by atoms with Crippen LogP contribution in [0.25, 0.3) is 10.9 Å². The zero-order chi connectivity index (χ0) is 22.0. The summed E-state index contributed by atoms with van der Waals surface area (Å²) in [7, 11) is 0. The maximum atomic E-state index is 13.3. The fourth-order valence-electron chi connectivity index (χ4n) is 4.50. The highest BCUT2D eigenvalue weighted by Gasteiger charge is 2.29. The Labute approximate surface area is 183 Å². The lowest BCUT2D eigenvalue weighted by Gasteiger charge is -2.23. The molecule has 3 aromatic rings. The van der Waals surface area contributed by atoms with Crippen molar-refractivity contribution in [1.29, 1.82) is 0 Å². The predicted octanol–water partition coefficient (Wildman–Crippen LogP) is 4.00. The van der Waals surface area contributed by atoms with Gasteiger partial charge in [-0.05, 0) is 43.0 Å². The molecular formula is C25H30N4O2. The molecule has 0 saturated carbocycles. The van der Waals surface area contributed by atoms with E-state index in [2.05, 4.69) is 34.7 Å². The van der Waals surface area contributed by atoms with Crippen LogP contribution in [0.1, 0.15) is 42.6 Å². The van der Waals surface area contributed by atoms with Crippen molar-refractivity contribution in [2.24, 2.45) is 11.7 Å². The minimum atomic E-state index is -0.281. The molecule has 162 valence electrons. The molecule has 1 atom stereocenters. The van der Waals surface area contributed by atoms with E-state index in [9.17, 15) is 9.59 Å². The first-order valence-corrected chi connectivity index (χ1v) is 10.9. The van der Waals surface area contributed by atoms with Gasteiger partial charge >= 0.3 is 0 Å². The number of nitrogens with one attached hydrogen (secondary N) is 1. The van der Waals surface area contributed by atoms with Crippen molar-refractivity contribution in [1.82, 2.24) is 9.47 Å². The Morgan fingerprint density at radius 2 is 1.87 bits per heavy atom. The highest BCUT2D eigenvalue weighted by molar-refractivity contribution is 6.13. The molecule has 2 aromatic carbocycles. The molecule has 1 unspecified atom stereocenters. The Bertz CT molecular complexity index is 1100. The van der Waals surface area contributed by atoms with Crippen LogP contribution >= 0.6 is 0 Å². The SMILES string of the molecule is CC(C)Cn1cc(C(=O)Nc2ccccc2CN2CCCC2C(N)=O)c2ccccc21. The average Bonchev–Trinajstić information content (AvgIpc) is 3.34. The molecule has 1 fully saturated rings. The number of para-hydroxylation sites is 2. The number of nitrogens with two attached hydrogens (primary N) is 1. The van der Waals surface area contributed by atoms with Gasteiger partial charge in [0.05, 0.1) is 11.6 Å². The van der Waals surface area contributed by atoms with Gasteiger partial charge in [-0.3, -0.25) is 14.5 Å². The summed E-state index contributed by atoms with van der Waals surface area (Å²) in [5.41, 5.74) is 9.06. The van der Waals surface area contributed by atoms with E-state index in [4.69, 9.17) is 5.73 Å². The number of hydrogen-bond donors (Lipinski definition) is 2. The van der Waals surface area contributed by atoms with Crippen molar-refractivity contribution < 1.29 is 9.59 Å². The highest BCUT2D eigenvalue weighted by Crippen LogP contribution is 2.26. The molecule has 4 rings (SSSR count). The van der Waals surface area contributed by atoms with Gasteiger partial charge in [-0.15, -0.1) is 0 Å². The third-order valence-corrected chi connectivity index (χ3v) is 5.93. The zero-order valence-corrected chi connectivity index (χ0v) is 18.2. The van der Waals surface area contributed by atoms with Crippen molar-refractivity contribution >= 4 is 28.4 Å². The summed E-state index contributed by atoms with van der Waals surface area (Å²) in [5, 5.41) is 4.06. The summed E-state index contributed by atoms with van der Waals surface area (Å²) in [4.78, 5) is 27.1. The molecule has 1 saturated heterocycles. The monoisotopic (exact) mass is 418 g/mol. The minimum absolute atomic E-state index is 0.126. The van der Waals surface area contributed by atoms with Crippen LogP contribution in [0.15, 0.2) is 54.7 Å². The van der Waals surface area contributed by atoms with Gasteiger partial charge in [-0.25, -0.2) is 0 Å². The van der Waals surface area contributed by atoms with E-state index < -0.39 is 0 Å². The second kappa shape index (κ2) is 8.94. The van der Waals surface area contributed by atoms with Gasteiger partial charge in [0.15, 0.2) is 0 Å². The van der Waals surface area contributed by atoms with E-state index in [0.717, 1.165) is 48.1 Å². The van der Waals surface area contributed by atoms with E-state index in [1.54, 1.807) is 0 Å². The highest BCUT2D eigenvalue weighted by atomic mass is 16.2. The number of benzene rings is 2. The molecule has 2 heterocycles. The molecule has 0 aliphatic carbocycles. The van der Waals surface area contributed by atoms with Crippen LogP contribution in [0.4, 0.5) is 5.69 Å². The number of aromatic nitrogens is 1. The number of hydrogen-bond acceptors (Lipinski definition) is 3. The van der Waals surface area contributed by atoms with Crippen molar-refractivity contribution in [3.63, 3.8) is 0 Å². The molecule has 6 heteroatoms. The molecule has 6 nitrogen and oxygen atoms in total. The molecule has 1 aliphatic rings. The number of likely N-dealkylation sites (tertiary alicyclic amines) is 1. The third-order valence-electron chi connectivity index (χ3n) is 5.93. The molecule has 3 N–H and O–H groups in total. The molecule has 2 amide bonds. The van der Waals surface area contributed by atoms with Crippen molar-refractivity contribution in [3.05, 3.63) is 65.9 Å². The van der Waals surface area contributed by atoms with Crippen LogP contribution in [0.3, 0.4) is 0 Å².